The van der Waals surface area contributed by atoms with Gasteiger partial charge in [-0.15, -0.1) is 0 Å². The number of benzene rings is 1. The van der Waals surface area contributed by atoms with E-state index in [0.717, 1.165) is 0 Å². The lowest BCUT2D eigenvalue weighted by Gasteiger charge is -2.39. The number of hydrogen-bond donors (Lipinski definition) is 0. The molecule has 7 nitrogen and oxygen atoms in total. The van der Waals surface area contributed by atoms with Crippen LogP contribution in [-0.4, -0.2) is 58.2 Å². The van der Waals surface area contributed by atoms with Crippen LogP contribution in [0.4, 0.5) is 0 Å². The molecule has 0 radical (unpaired) electrons. The van der Waals surface area contributed by atoms with Crippen LogP contribution in [0.15, 0.2) is 48.8 Å². The normalized spacial score (nSPS) is 16.3. The minimum absolute atomic E-state index is 0.0117. The van der Waals surface area contributed by atoms with E-state index in [-0.39, 0.29) is 30.4 Å². The highest BCUT2D eigenvalue weighted by molar-refractivity contribution is 6.21. The Hall–Kier alpha value is -3.22. The van der Waals surface area contributed by atoms with Crippen molar-refractivity contribution in [3.63, 3.8) is 0 Å². The molecule has 0 aliphatic carbocycles. The second-order valence-electron chi connectivity index (χ2n) is 6.64. The van der Waals surface area contributed by atoms with Crippen molar-refractivity contribution in [1.82, 2.24) is 14.8 Å². The van der Waals surface area contributed by atoms with E-state index in [9.17, 15) is 14.4 Å². The van der Waals surface area contributed by atoms with Gasteiger partial charge in [-0.05, 0) is 30.7 Å². The predicted molar refractivity (Wildman–Crippen MR) is 96.3 cm³/mol. The van der Waals surface area contributed by atoms with Crippen molar-refractivity contribution < 1.29 is 19.1 Å². The Balaban J connectivity index is 1.21. The predicted octanol–water partition coefficient (Wildman–Crippen LogP) is 1.75. The van der Waals surface area contributed by atoms with Crippen molar-refractivity contribution in [2.45, 2.75) is 18.9 Å². The maximum absolute atomic E-state index is 12.3. The zero-order chi connectivity index (χ0) is 18.8. The fraction of sp³-hybridized carbons (Fsp3) is 0.300. The largest absolute Gasteiger partial charge is 0.485 e. The second kappa shape index (κ2) is 7.19. The second-order valence-corrected chi connectivity index (χ2v) is 6.64. The molecule has 0 atom stereocenters. The third-order valence-corrected chi connectivity index (χ3v) is 4.79. The minimum Gasteiger partial charge on any atom is -0.485 e. The zero-order valence-electron chi connectivity index (χ0n) is 14.7. The molecule has 0 unspecified atom stereocenters. The van der Waals surface area contributed by atoms with Gasteiger partial charge in [-0.1, -0.05) is 12.1 Å². The highest BCUT2D eigenvalue weighted by Gasteiger charge is 2.35. The maximum atomic E-state index is 12.3. The topological polar surface area (TPSA) is 79.8 Å². The van der Waals surface area contributed by atoms with Gasteiger partial charge in [0.2, 0.25) is 5.91 Å². The summed E-state index contributed by atoms with van der Waals surface area (Å²) in [7, 11) is 0. The molecule has 1 fully saturated rings. The Morgan fingerprint density at radius 3 is 2.41 bits per heavy atom. The van der Waals surface area contributed by atoms with E-state index < -0.39 is 0 Å². The summed E-state index contributed by atoms with van der Waals surface area (Å²) in [6.07, 6.45) is 4.06. The summed E-state index contributed by atoms with van der Waals surface area (Å²) in [5, 5.41) is 0. The van der Waals surface area contributed by atoms with E-state index in [4.69, 9.17) is 4.74 Å². The molecule has 138 valence electrons. The number of fused-ring (bicyclic) bond motifs is 1. The van der Waals surface area contributed by atoms with E-state index in [1.54, 1.807) is 47.6 Å². The average molecular weight is 365 g/mol. The lowest BCUT2D eigenvalue weighted by molar-refractivity contribution is -0.140. The van der Waals surface area contributed by atoms with Gasteiger partial charge in [0, 0.05) is 19.2 Å². The van der Waals surface area contributed by atoms with Crippen molar-refractivity contribution in [1.29, 1.82) is 0 Å². The van der Waals surface area contributed by atoms with Crippen LogP contribution in [0.2, 0.25) is 0 Å². The van der Waals surface area contributed by atoms with Gasteiger partial charge in [0.15, 0.2) is 0 Å². The number of likely N-dealkylation sites (tertiary alicyclic amines) is 1. The lowest BCUT2D eigenvalue weighted by atomic mass is 10.1. The van der Waals surface area contributed by atoms with Gasteiger partial charge < -0.3 is 9.64 Å². The van der Waals surface area contributed by atoms with Gasteiger partial charge in [0.1, 0.15) is 11.9 Å². The molecule has 0 N–H and O–H groups in total. The molecule has 3 amide bonds. The van der Waals surface area contributed by atoms with Gasteiger partial charge in [-0.2, -0.15) is 0 Å². The van der Waals surface area contributed by atoms with Gasteiger partial charge in [0.05, 0.1) is 30.4 Å². The fourth-order valence-electron chi connectivity index (χ4n) is 3.31. The first-order valence-corrected chi connectivity index (χ1v) is 8.93. The maximum Gasteiger partial charge on any atom is 0.261 e. The molecule has 27 heavy (non-hydrogen) atoms. The van der Waals surface area contributed by atoms with Gasteiger partial charge in [-0.25, -0.2) is 0 Å². The van der Waals surface area contributed by atoms with E-state index in [1.807, 2.05) is 6.07 Å². The number of amides is 3. The third kappa shape index (κ3) is 3.40. The Morgan fingerprint density at radius 1 is 1.07 bits per heavy atom. The molecule has 0 saturated carbocycles. The SMILES string of the molecule is O=C(CCCN1C(=O)c2ccccc2C1=O)N1CC(Oc2cccnc2)C1. The van der Waals surface area contributed by atoms with Gasteiger partial charge in [-0.3, -0.25) is 24.3 Å². The number of carbonyl (C=O) groups excluding carboxylic acids is 3. The quantitative estimate of drug-likeness (QED) is 0.729. The number of imide groups is 1. The lowest BCUT2D eigenvalue weighted by Crippen LogP contribution is -2.56. The number of hydrogen-bond acceptors (Lipinski definition) is 5. The van der Waals surface area contributed by atoms with Crippen LogP contribution < -0.4 is 4.74 Å². The Kier molecular flexibility index (Phi) is 4.58. The third-order valence-electron chi connectivity index (χ3n) is 4.79. The Morgan fingerprint density at radius 2 is 1.78 bits per heavy atom. The van der Waals surface area contributed by atoms with Crippen LogP contribution in [-0.2, 0) is 4.79 Å². The number of pyridine rings is 1. The smallest absolute Gasteiger partial charge is 0.261 e. The summed E-state index contributed by atoms with van der Waals surface area (Å²) in [6.45, 7) is 1.34. The Bertz CT molecular complexity index is 843. The first-order valence-electron chi connectivity index (χ1n) is 8.93. The standard InChI is InChI=1S/C20H19N3O4/c24-18(22-12-15(13-22)27-14-5-3-9-21-11-14)8-4-10-23-19(25)16-6-1-2-7-17(16)20(23)26/h1-3,5-7,9,11,15H,4,8,10,12-13H2. The molecule has 7 heteroatoms. The minimum atomic E-state index is -0.281. The van der Waals surface area contributed by atoms with Crippen LogP contribution in [0.25, 0.3) is 0 Å². The molecular weight excluding hydrogens is 346 g/mol. The number of carbonyl (C=O) groups is 3. The molecule has 0 spiro atoms. The van der Waals surface area contributed by atoms with Crippen molar-refractivity contribution in [2.24, 2.45) is 0 Å². The fourth-order valence-corrected chi connectivity index (χ4v) is 3.31. The molecule has 2 aromatic rings. The average Bonchev–Trinajstić information content (AvgIpc) is 2.90. The van der Waals surface area contributed by atoms with Crippen LogP contribution >= 0.6 is 0 Å². The highest BCUT2D eigenvalue weighted by atomic mass is 16.5. The van der Waals surface area contributed by atoms with E-state index in [1.165, 1.54) is 4.90 Å². The summed E-state index contributed by atoms with van der Waals surface area (Å²) in [5.41, 5.74) is 0.874. The highest BCUT2D eigenvalue weighted by Crippen LogP contribution is 2.23. The molecule has 3 heterocycles. The summed E-state index contributed by atoms with van der Waals surface area (Å²) in [4.78, 5) is 43.8. The van der Waals surface area contributed by atoms with E-state index >= 15 is 0 Å². The molecule has 2 aliphatic heterocycles. The zero-order valence-corrected chi connectivity index (χ0v) is 14.7. The van der Waals surface area contributed by atoms with Gasteiger partial charge >= 0.3 is 0 Å². The number of aromatic nitrogens is 1. The van der Waals surface area contributed by atoms with Crippen molar-refractivity contribution >= 4 is 17.7 Å². The molecule has 0 bridgehead atoms. The van der Waals surface area contributed by atoms with E-state index in [0.29, 0.717) is 42.8 Å². The summed E-state index contributed by atoms with van der Waals surface area (Å²) in [5.74, 6) is 0.145. The number of rotatable bonds is 6. The van der Waals surface area contributed by atoms with Crippen LogP contribution in [0.5, 0.6) is 5.75 Å². The van der Waals surface area contributed by atoms with Crippen molar-refractivity contribution in [3.8, 4) is 5.75 Å². The molecule has 1 saturated heterocycles. The van der Waals surface area contributed by atoms with Crippen molar-refractivity contribution in [2.75, 3.05) is 19.6 Å². The number of nitrogens with zero attached hydrogens (tertiary/aromatic N) is 3. The van der Waals surface area contributed by atoms with Crippen molar-refractivity contribution in [3.05, 3.63) is 59.9 Å². The first kappa shape index (κ1) is 17.2. The summed E-state index contributed by atoms with van der Waals surface area (Å²) >= 11 is 0. The first-order chi connectivity index (χ1) is 13.1. The molecule has 2 aliphatic rings. The monoisotopic (exact) mass is 365 g/mol. The van der Waals surface area contributed by atoms with Crippen LogP contribution in [0, 0.1) is 0 Å². The Labute approximate surface area is 156 Å². The van der Waals surface area contributed by atoms with Crippen LogP contribution in [0.1, 0.15) is 33.6 Å². The molecule has 4 rings (SSSR count). The van der Waals surface area contributed by atoms with E-state index in [2.05, 4.69) is 4.98 Å². The molecule has 1 aromatic carbocycles. The molecule has 1 aromatic heterocycles. The number of ether oxygens (including phenoxy) is 1. The summed E-state index contributed by atoms with van der Waals surface area (Å²) in [6, 6.07) is 10.4. The molecular formula is C20H19N3O4. The van der Waals surface area contributed by atoms with Gasteiger partial charge in [0.25, 0.3) is 11.8 Å². The summed E-state index contributed by atoms with van der Waals surface area (Å²) < 4.78 is 5.73. The van der Waals surface area contributed by atoms with Crippen LogP contribution in [0.3, 0.4) is 0 Å².